The van der Waals surface area contributed by atoms with Crippen LogP contribution in [-0.4, -0.2) is 16.1 Å². The molecule has 0 aliphatic rings. The van der Waals surface area contributed by atoms with Crippen LogP contribution in [0.15, 0.2) is 24.3 Å². The molecule has 92 valence electrons. The minimum atomic E-state index is 0.137. The summed E-state index contributed by atoms with van der Waals surface area (Å²) >= 11 is 2.67. The van der Waals surface area contributed by atoms with E-state index in [1.165, 1.54) is 34.7 Å². The zero-order valence-corrected chi connectivity index (χ0v) is 11.0. The maximum atomic E-state index is 7.20. The van der Waals surface area contributed by atoms with Gasteiger partial charge in [0.05, 0.1) is 0 Å². The van der Waals surface area contributed by atoms with Crippen molar-refractivity contribution in [2.75, 3.05) is 5.75 Å². The van der Waals surface area contributed by atoms with Gasteiger partial charge in [-0.05, 0) is 17.5 Å². The standard InChI is InChI=1S/C11H16N4S2/c12-10(13)16-6-5-8-3-1-2-4-9(8)7-17-11(14)15/h1-4H,5-7H2,(H3,12,13)(H3,14,15). The topological polar surface area (TPSA) is 99.7 Å². The van der Waals surface area contributed by atoms with Gasteiger partial charge in [-0.2, -0.15) is 0 Å². The Kier molecular flexibility index (Phi) is 5.93. The van der Waals surface area contributed by atoms with Gasteiger partial charge in [-0.1, -0.05) is 47.8 Å². The van der Waals surface area contributed by atoms with Crippen LogP contribution < -0.4 is 11.5 Å². The second-order valence-corrected chi connectivity index (χ2v) is 5.54. The van der Waals surface area contributed by atoms with Gasteiger partial charge in [-0.3, -0.25) is 10.8 Å². The Bertz CT molecular complexity index is 406. The molecule has 17 heavy (non-hydrogen) atoms. The van der Waals surface area contributed by atoms with E-state index in [-0.39, 0.29) is 10.3 Å². The van der Waals surface area contributed by atoms with Crippen molar-refractivity contribution in [3.63, 3.8) is 0 Å². The van der Waals surface area contributed by atoms with E-state index in [0.717, 1.165) is 17.9 Å². The molecule has 6 N–H and O–H groups in total. The molecule has 4 nitrogen and oxygen atoms in total. The predicted octanol–water partition coefficient (Wildman–Crippen LogP) is 1.98. The van der Waals surface area contributed by atoms with Crippen LogP contribution in [0.2, 0.25) is 0 Å². The minimum Gasteiger partial charge on any atom is -0.379 e. The molecule has 0 saturated heterocycles. The molecular formula is C11H16N4S2. The average Bonchev–Trinajstić information content (AvgIpc) is 2.27. The fraction of sp³-hybridized carbons (Fsp3) is 0.273. The first-order valence-corrected chi connectivity index (χ1v) is 7.07. The summed E-state index contributed by atoms with van der Waals surface area (Å²) in [5.74, 6) is 1.52. The van der Waals surface area contributed by atoms with Crippen LogP contribution in [0.3, 0.4) is 0 Å². The van der Waals surface area contributed by atoms with Crippen molar-refractivity contribution < 1.29 is 0 Å². The number of aryl methyl sites for hydroxylation is 1. The third-order valence-electron chi connectivity index (χ3n) is 2.13. The summed E-state index contributed by atoms with van der Waals surface area (Å²) < 4.78 is 0. The zero-order chi connectivity index (χ0) is 12.7. The largest absolute Gasteiger partial charge is 0.379 e. The Balaban J connectivity index is 2.57. The van der Waals surface area contributed by atoms with Crippen molar-refractivity contribution in [2.24, 2.45) is 11.5 Å². The highest BCUT2D eigenvalue weighted by Gasteiger charge is 2.03. The third kappa shape index (κ3) is 5.65. The number of amidine groups is 2. The molecule has 0 unspecified atom stereocenters. The first kappa shape index (κ1) is 13.9. The van der Waals surface area contributed by atoms with Gasteiger partial charge in [0, 0.05) is 11.5 Å². The SMILES string of the molecule is N=C(N)SCCc1ccccc1CSC(=N)N. The first-order chi connectivity index (χ1) is 8.09. The maximum absolute atomic E-state index is 7.20. The summed E-state index contributed by atoms with van der Waals surface area (Å²) in [5.41, 5.74) is 13.0. The van der Waals surface area contributed by atoms with Crippen molar-refractivity contribution in [1.29, 1.82) is 10.8 Å². The number of nitrogens with one attached hydrogen (secondary N) is 2. The molecule has 0 fully saturated rings. The van der Waals surface area contributed by atoms with Gasteiger partial charge < -0.3 is 11.5 Å². The molecule has 0 aliphatic heterocycles. The summed E-state index contributed by atoms with van der Waals surface area (Å²) in [7, 11) is 0. The summed E-state index contributed by atoms with van der Waals surface area (Å²) in [4.78, 5) is 0. The van der Waals surface area contributed by atoms with E-state index < -0.39 is 0 Å². The van der Waals surface area contributed by atoms with Gasteiger partial charge in [0.15, 0.2) is 10.3 Å². The molecule has 0 heterocycles. The van der Waals surface area contributed by atoms with Crippen LogP contribution in [0.4, 0.5) is 0 Å². The summed E-state index contributed by atoms with van der Waals surface area (Å²) in [5, 5.41) is 14.6. The van der Waals surface area contributed by atoms with E-state index in [1.54, 1.807) is 0 Å². The lowest BCUT2D eigenvalue weighted by atomic mass is 10.1. The van der Waals surface area contributed by atoms with Crippen molar-refractivity contribution >= 4 is 33.9 Å². The van der Waals surface area contributed by atoms with Gasteiger partial charge in [0.25, 0.3) is 0 Å². The molecule has 0 aliphatic carbocycles. The molecule has 0 bridgehead atoms. The lowest BCUT2D eigenvalue weighted by molar-refractivity contribution is 1.12. The molecule has 0 radical (unpaired) electrons. The monoisotopic (exact) mass is 268 g/mol. The lowest BCUT2D eigenvalue weighted by Crippen LogP contribution is -2.07. The smallest absolute Gasteiger partial charge is 0.151 e. The summed E-state index contributed by atoms with van der Waals surface area (Å²) in [6, 6.07) is 8.09. The highest BCUT2D eigenvalue weighted by Crippen LogP contribution is 2.18. The van der Waals surface area contributed by atoms with Crippen LogP contribution in [0.5, 0.6) is 0 Å². The average molecular weight is 268 g/mol. The van der Waals surface area contributed by atoms with Crippen molar-refractivity contribution in [1.82, 2.24) is 0 Å². The van der Waals surface area contributed by atoms with E-state index in [1.807, 2.05) is 18.2 Å². The molecule has 1 aromatic carbocycles. The second-order valence-electron chi connectivity index (χ2n) is 3.38. The van der Waals surface area contributed by atoms with Crippen molar-refractivity contribution in [2.45, 2.75) is 12.2 Å². The van der Waals surface area contributed by atoms with Crippen LogP contribution >= 0.6 is 23.5 Å². The van der Waals surface area contributed by atoms with Gasteiger partial charge in [0.2, 0.25) is 0 Å². The van der Waals surface area contributed by atoms with Crippen molar-refractivity contribution in [3.8, 4) is 0 Å². The maximum Gasteiger partial charge on any atom is 0.151 e. The van der Waals surface area contributed by atoms with E-state index in [9.17, 15) is 0 Å². The number of rotatable bonds is 5. The number of thioether (sulfide) groups is 2. The van der Waals surface area contributed by atoms with Crippen LogP contribution in [0.25, 0.3) is 0 Å². The molecule has 1 rings (SSSR count). The molecule has 0 amide bonds. The predicted molar refractivity (Wildman–Crippen MR) is 77.7 cm³/mol. The zero-order valence-electron chi connectivity index (χ0n) is 9.40. The highest BCUT2D eigenvalue weighted by molar-refractivity contribution is 8.13. The van der Waals surface area contributed by atoms with Crippen molar-refractivity contribution in [3.05, 3.63) is 35.4 Å². The molecule has 0 atom stereocenters. The third-order valence-corrected chi connectivity index (χ3v) is 3.62. The highest BCUT2D eigenvalue weighted by atomic mass is 32.2. The molecule has 0 aromatic heterocycles. The minimum absolute atomic E-state index is 0.137. The van der Waals surface area contributed by atoms with E-state index in [0.29, 0.717) is 0 Å². The Morgan fingerprint density at radius 2 is 1.59 bits per heavy atom. The molecule has 6 heteroatoms. The Morgan fingerprint density at radius 1 is 1.00 bits per heavy atom. The molecule has 1 aromatic rings. The first-order valence-electron chi connectivity index (χ1n) is 5.10. The molecule has 0 spiro atoms. The number of nitrogens with two attached hydrogens (primary N) is 2. The normalized spacial score (nSPS) is 10.1. The molecular weight excluding hydrogens is 252 g/mol. The van der Waals surface area contributed by atoms with Crippen LogP contribution in [-0.2, 0) is 12.2 Å². The Morgan fingerprint density at radius 3 is 2.18 bits per heavy atom. The van der Waals surface area contributed by atoms with E-state index in [4.69, 9.17) is 22.3 Å². The number of benzene rings is 1. The van der Waals surface area contributed by atoms with Gasteiger partial charge in [-0.25, -0.2) is 0 Å². The van der Waals surface area contributed by atoms with Crippen LogP contribution in [0.1, 0.15) is 11.1 Å². The lowest BCUT2D eigenvalue weighted by Gasteiger charge is -2.08. The molecule has 0 saturated carbocycles. The fourth-order valence-corrected chi connectivity index (χ4v) is 2.50. The Labute approximate surface area is 110 Å². The van der Waals surface area contributed by atoms with Gasteiger partial charge in [0.1, 0.15) is 0 Å². The fourth-order valence-electron chi connectivity index (χ4n) is 1.37. The van der Waals surface area contributed by atoms with Gasteiger partial charge in [-0.15, -0.1) is 0 Å². The van der Waals surface area contributed by atoms with Gasteiger partial charge >= 0.3 is 0 Å². The summed E-state index contributed by atoms with van der Waals surface area (Å²) in [6.07, 6.45) is 0.874. The van der Waals surface area contributed by atoms with E-state index >= 15 is 0 Å². The van der Waals surface area contributed by atoms with Crippen LogP contribution in [0, 0.1) is 10.8 Å². The summed E-state index contributed by atoms with van der Waals surface area (Å²) in [6.45, 7) is 0. The number of hydrogen-bond acceptors (Lipinski definition) is 4. The second kappa shape index (κ2) is 7.24. The number of hydrogen-bond donors (Lipinski definition) is 4. The quantitative estimate of drug-likeness (QED) is 0.484. The van der Waals surface area contributed by atoms with E-state index in [2.05, 4.69) is 6.07 Å². The Hall–Kier alpha value is -1.14.